The first-order chi connectivity index (χ1) is 21.1. The number of unbranched alkanes of at least 4 members (excludes halogenated alkanes) is 1. The standard InChI is InChI=1S/C35H47N3O6S/c1-9-11-21-38(31(40)28(23-45)37-33(42)44-35(6,7)8)29(26-20-16-15-19-25(26)10-2)30(39)36-27(32(41)43-34(3,4)5)22-24-17-13-12-14-18-24/h2,12-20,27-29,45H,9,11,21-23H2,1,3-8H3,(H,36,39)(H,37,42). The number of carbonyl (C=O) groups is 4. The van der Waals surface area contributed by atoms with Crippen molar-refractivity contribution in [2.45, 2.75) is 97.1 Å². The molecule has 3 unspecified atom stereocenters. The van der Waals surface area contributed by atoms with Crippen molar-refractivity contribution < 1.29 is 28.7 Å². The predicted molar refractivity (Wildman–Crippen MR) is 179 cm³/mol. The zero-order chi connectivity index (χ0) is 33.8. The Hall–Kier alpha value is -3.97. The second kappa shape index (κ2) is 16.9. The average Bonchev–Trinajstić information content (AvgIpc) is 2.96. The van der Waals surface area contributed by atoms with Gasteiger partial charge in [0.05, 0.1) is 0 Å². The van der Waals surface area contributed by atoms with E-state index < -0.39 is 53.2 Å². The van der Waals surface area contributed by atoms with Gasteiger partial charge in [-0.25, -0.2) is 9.59 Å². The second-order valence-electron chi connectivity index (χ2n) is 12.7. The largest absolute Gasteiger partial charge is 0.458 e. The molecule has 2 aromatic rings. The Morgan fingerprint density at radius 2 is 1.49 bits per heavy atom. The number of hydrogen-bond donors (Lipinski definition) is 3. The minimum atomic E-state index is -1.24. The van der Waals surface area contributed by atoms with Crippen LogP contribution in [0, 0.1) is 12.3 Å². The van der Waals surface area contributed by atoms with Crippen molar-refractivity contribution in [1.29, 1.82) is 0 Å². The molecule has 0 aliphatic heterocycles. The van der Waals surface area contributed by atoms with Crippen molar-refractivity contribution >= 4 is 36.5 Å². The summed E-state index contributed by atoms with van der Waals surface area (Å²) in [6.07, 6.45) is 6.49. The molecule has 0 spiro atoms. The van der Waals surface area contributed by atoms with Gasteiger partial charge >= 0.3 is 12.1 Å². The van der Waals surface area contributed by atoms with Crippen LogP contribution in [0.4, 0.5) is 4.79 Å². The molecule has 0 aliphatic rings. The zero-order valence-corrected chi connectivity index (χ0v) is 28.3. The summed E-state index contributed by atoms with van der Waals surface area (Å²) in [5, 5.41) is 5.47. The van der Waals surface area contributed by atoms with E-state index in [2.05, 4.69) is 29.2 Å². The third kappa shape index (κ3) is 12.1. The van der Waals surface area contributed by atoms with Crippen LogP contribution in [0.3, 0.4) is 0 Å². The third-order valence-corrected chi connectivity index (χ3v) is 6.83. The number of rotatable bonds is 13. The van der Waals surface area contributed by atoms with Gasteiger partial charge in [0.1, 0.15) is 29.3 Å². The molecular weight excluding hydrogens is 590 g/mol. The Kier molecular flexibility index (Phi) is 14.0. The molecule has 3 amide bonds. The van der Waals surface area contributed by atoms with Gasteiger partial charge in [-0.2, -0.15) is 12.6 Å². The highest BCUT2D eigenvalue weighted by molar-refractivity contribution is 7.80. The lowest BCUT2D eigenvalue weighted by atomic mass is 9.96. The van der Waals surface area contributed by atoms with E-state index >= 15 is 0 Å². The van der Waals surface area contributed by atoms with Gasteiger partial charge in [0.15, 0.2) is 0 Å². The molecule has 0 bridgehead atoms. The molecular formula is C35H47N3O6S. The number of ether oxygens (including phenoxy) is 2. The quantitative estimate of drug-likeness (QED) is 0.158. The molecule has 244 valence electrons. The fraction of sp³-hybridized carbons (Fsp3) is 0.486. The summed E-state index contributed by atoms with van der Waals surface area (Å²) in [6.45, 7) is 12.5. The number of alkyl carbamates (subject to hydrolysis) is 1. The van der Waals surface area contributed by atoms with Gasteiger partial charge in [0, 0.05) is 24.3 Å². The fourth-order valence-electron chi connectivity index (χ4n) is 4.51. The maximum Gasteiger partial charge on any atom is 0.408 e. The van der Waals surface area contributed by atoms with Crippen molar-refractivity contribution in [2.24, 2.45) is 0 Å². The van der Waals surface area contributed by atoms with Gasteiger partial charge in [0.2, 0.25) is 11.8 Å². The minimum absolute atomic E-state index is 0.0552. The van der Waals surface area contributed by atoms with Crippen molar-refractivity contribution in [3.8, 4) is 12.3 Å². The highest BCUT2D eigenvalue weighted by Gasteiger charge is 2.38. The lowest BCUT2D eigenvalue weighted by molar-refractivity contribution is -0.159. The van der Waals surface area contributed by atoms with Crippen molar-refractivity contribution in [1.82, 2.24) is 15.5 Å². The van der Waals surface area contributed by atoms with Gasteiger partial charge in [-0.3, -0.25) is 9.59 Å². The average molecular weight is 638 g/mol. The van der Waals surface area contributed by atoms with Crippen LogP contribution in [-0.4, -0.2) is 64.4 Å². The smallest absolute Gasteiger partial charge is 0.408 e. The van der Waals surface area contributed by atoms with E-state index in [0.29, 0.717) is 24.0 Å². The van der Waals surface area contributed by atoms with E-state index in [0.717, 1.165) is 5.56 Å². The molecule has 2 N–H and O–H groups in total. The first kappa shape index (κ1) is 37.2. The third-order valence-electron chi connectivity index (χ3n) is 6.47. The molecule has 0 aliphatic carbocycles. The van der Waals surface area contributed by atoms with E-state index in [-0.39, 0.29) is 18.7 Å². The lowest BCUT2D eigenvalue weighted by Crippen LogP contribution is -2.55. The topological polar surface area (TPSA) is 114 Å². The van der Waals surface area contributed by atoms with E-state index in [9.17, 15) is 19.2 Å². The van der Waals surface area contributed by atoms with Gasteiger partial charge in [-0.1, -0.05) is 67.8 Å². The fourth-order valence-corrected chi connectivity index (χ4v) is 4.76. The number of hydrogen-bond acceptors (Lipinski definition) is 7. The number of amides is 3. The Morgan fingerprint density at radius 3 is 2.04 bits per heavy atom. The van der Waals surface area contributed by atoms with E-state index in [1.165, 1.54) is 4.90 Å². The number of terminal acetylenes is 1. The summed E-state index contributed by atoms with van der Waals surface area (Å²) in [5.41, 5.74) is 0.0263. The minimum Gasteiger partial charge on any atom is -0.458 e. The van der Waals surface area contributed by atoms with E-state index in [4.69, 9.17) is 15.9 Å². The van der Waals surface area contributed by atoms with Gasteiger partial charge < -0.3 is 25.0 Å². The van der Waals surface area contributed by atoms with Crippen LogP contribution in [-0.2, 0) is 30.3 Å². The summed E-state index contributed by atoms with van der Waals surface area (Å²) >= 11 is 4.34. The molecule has 2 rings (SSSR count). The molecule has 0 saturated carbocycles. The Labute approximate surface area is 273 Å². The van der Waals surface area contributed by atoms with Crippen LogP contribution in [0.5, 0.6) is 0 Å². The van der Waals surface area contributed by atoms with Crippen molar-refractivity contribution in [3.05, 3.63) is 71.3 Å². The molecule has 9 nitrogen and oxygen atoms in total. The van der Waals surface area contributed by atoms with Crippen LogP contribution in [0.15, 0.2) is 54.6 Å². The Bertz CT molecular complexity index is 1340. The van der Waals surface area contributed by atoms with E-state index in [1.807, 2.05) is 37.3 Å². The van der Waals surface area contributed by atoms with Crippen LogP contribution in [0.1, 0.15) is 84.0 Å². The molecule has 45 heavy (non-hydrogen) atoms. The maximum absolute atomic E-state index is 14.4. The van der Waals surface area contributed by atoms with Crippen LogP contribution in [0.25, 0.3) is 0 Å². The van der Waals surface area contributed by atoms with Crippen molar-refractivity contribution in [3.63, 3.8) is 0 Å². The molecule has 3 atom stereocenters. The maximum atomic E-state index is 14.4. The number of nitrogens with zero attached hydrogens (tertiary/aromatic N) is 1. The van der Waals surface area contributed by atoms with Gasteiger partial charge in [0.25, 0.3) is 0 Å². The number of thiol groups is 1. The molecule has 2 aromatic carbocycles. The second-order valence-corrected chi connectivity index (χ2v) is 13.1. The molecule has 10 heteroatoms. The number of nitrogens with one attached hydrogen (secondary N) is 2. The van der Waals surface area contributed by atoms with Crippen LogP contribution in [0.2, 0.25) is 0 Å². The first-order valence-corrected chi connectivity index (χ1v) is 15.8. The van der Waals surface area contributed by atoms with Crippen LogP contribution < -0.4 is 10.6 Å². The normalized spacial score (nSPS) is 13.4. The summed E-state index contributed by atoms with van der Waals surface area (Å²) < 4.78 is 11.1. The number of esters is 1. The summed E-state index contributed by atoms with van der Waals surface area (Å²) in [5.74, 6) is 0.774. The molecule has 0 fully saturated rings. The summed E-state index contributed by atoms with van der Waals surface area (Å²) in [6, 6.07) is 12.7. The monoisotopic (exact) mass is 637 g/mol. The van der Waals surface area contributed by atoms with Crippen molar-refractivity contribution in [2.75, 3.05) is 12.3 Å². The highest BCUT2D eigenvalue weighted by Crippen LogP contribution is 2.27. The summed E-state index contributed by atoms with van der Waals surface area (Å²) in [7, 11) is 0. The Balaban J connectivity index is 2.61. The number of carbonyl (C=O) groups excluding carboxylic acids is 4. The Morgan fingerprint density at radius 1 is 0.889 bits per heavy atom. The molecule has 0 heterocycles. The van der Waals surface area contributed by atoms with Crippen LogP contribution >= 0.6 is 12.6 Å². The SMILES string of the molecule is C#Cc1ccccc1C(C(=O)NC(Cc1ccccc1)C(=O)OC(C)(C)C)N(CCCC)C(=O)C(CS)NC(=O)OC(C)(C)C. The first-order valence-electron chi connectivity index (χ1n) is 15.1. The van der Waals surface area contributed by atoms with Gasteiger partial charge in [-0.05, 0) is 65.2 Å². The summed E-state index contributed by atoms with van der Waals surface area (Å²) in [4.78, 5) is 56.1. The predicted octanol–water partition coefficient (Wildman–Crippen LogP) is 5.23. The zero-order valence-electron chi connectivity index (χ0n) is 27.4. The lowest BCUT2D eigenvalue weighted by Gasteiger charge is -2.35. The molecule has 0 aromatic heterocycles. The number of benzene rings is 2. The van der Waals surface area contributed by atoms with E-state index in [1.54, 1.807) is 65.8 Å². The molecule has 0 saturated heterocycles. The molecule has 0 radical (unpaired) electrons. The van der Waals surface area contributed by atoms with Gasteiger partial charge in [-0.15, -0.1) is 6.42 Å². The highest BCUT2D eigenvalue weighted by atomic mass is 32.1.